The molecule has 0 heterocycles. The molecule has 1 atom stereocenters. The first-order valence-electron chi connectivity index (χ1n) is 6.67. The number of rotatable bonds is 5. The Morgan fingerprint density at radius 2 is 1.63 bits per heavy atom. The van der Waals surface area contributed by atoms with Crippen LogP contribution in [0.2, 0.25) is 0 Å². The summed E-state index contributed by atoms with van der Waals surface area (Å²) in [6.07, 6.45) is 0.126. The molecule has 1 N–H and O–H groups in total. The summed E-state index contributed by atoms with van der Waals surface area (Å²) in [5.74, 6) is 0.944. The Morgan fingerprint density at radius 3 is 2.26 bits per heavy atom. The highest BCUT2D eigenvalue weighted by Gasteiger charge is 2.04. The molecule has 2 nitrogen and oxygen atoms in total. The SMILES string of the molecule is Cc1cc(C)cc(OC(C)CNc2ccccc2)c1. The Bertz CT molecular complexity index is 502. The van der Waals surface area contributed by atoms with E-state index in [2.05, 4.69) is 56.4 Å². The van der Waals surface area contributed by atoms with Crippen LogP contribution in [0.3, 0.4) is 0 Å². The van der Waals surface area contributed by atoms with Crippen LogP contribution in [0.25, 0.3) is 0 Å². The first-order chi connectivity index (χ1) is 9.13. The lowest BCUT2D eigenvalue weighted by molar-refractivity contribution is 0.234. The summed E-state index contributed by atoms with van der Waals surface area (Å²) < 4.78 is 5.94. The van der Waals surface area contributed by atoms with E-state index in [1.165, 1.54) is 11.1 Å². The monoisotopic (exact) mass is 255 g/mol. The van der Waals surface area contributed by atoms with Crippen LogP contribution in [-0.2, 0) is 0 Å². The number of hydrogen-bond donors (Lipinski definition) is 1. The van der Waals surface area contributed by atoms with Gasteiger partial charge in [-0.3, -0.25) is 0 Å². The number of hydrogen-bond acceptors (Lipinski definition) is 2. The molecular formula is C17H21NO. The summed E-state index contributed by atoms with van der Waals surface area (Å²) in [6.45, 7) is 7.05. The number of para-hydroxylation sites is 1. The van der Waals surface area contributed by atoms with E-state index < -0.39 is 0 Å². The molecule has 100 valence electrons. The zero-order chi connectivity index (χ0) is 13.7. The molecule has 2 aromatic rings. The summed E-state index contributed by atoms with van der Waals surface area (Å²) >= 11 is 0. The first-order valence-corrected chi connectivity index (χ1v) is 6.67. The normalized spacial score (nSPS) is 11.9. The van der Waals surface area contributed by atoms with Crippen molar-refractivity contribution in [2.24, 2.45) is 0 Å². The molecule has 0 fully saturated rings. The number of nitrogens with one attached hydrogen (secondary N) is 1. The number of anilines is 1. The van der Waals surface area contributed by atoms with E-state index >= 15 is 0 Å². The van der Waals surface area contributed by atoms with Gasteiger partial charge in [-0.05, 0) is 56.2 Å². The highest BCUT2D eigenvalue weighted by molar-refractivity contribution is 5.42. The van der Waals surface area contributed by atoms with Gasteiger partial charge in [0.15, 0.2) is 0 Å². The lowest BCUT2D eigenvalue weighted by atomic mass is 10.1. The van der Waals surface area contributed by atoms with Crippen LogP contribution in [0.1, 0.15) is 18.1 Å². The van der Waals surface area contributed by atoms with Crippen LogP contribution in [-0.4, -0.2) is 12.6 Å². The highest BCUT2D eigenvalue weighted by atomic mass is 16.5. The van der Waals surface area contributed by atoms with Crippen molar-refractivity contribution in [3.63, 3.8) is 0 Å². The third-order valence-electron chi connectivity index (χ3n) is 2.90. The molecule has 2 heteroatoms. The second-order valence-electron chi connectivity index (χ2n) is 5.00. The van der Waals surface area contributed by atoms with Crippen LogP contribution in [0, 0.1) is 13.8 Å². The molecule has 0 bridgehead atoms. The van der Waals surface area contributed by atoms with Crippen molar-refractivity contribution in [1.82, 2.24) is 0 Å². The molecule has 0 saturated carbocycles. The molecule has 0 aliphatic carbocycles. The van der Waals surface area contributed by atoms with Gasteiger partial charge in [-0.1, -0.05) is 24.3 Å². The largest absolute Gasteiger partial charge is 0.489 e. The van der Waals surface area contributed by atoms with Gasteiger partial charge in [-0.25, -0.2) is 0 Å². The van der Waals surface area contributed by atoms with E-state index in [0.717, 1.165) is 18.0 Å². The van der Waals surface area contributed by atoms with E-state index in [1.54, 1.807) is 0 Å². The fourth-order valence-corrected chi connectivity index (χ4v) is 2.09. The third kappa shape index (κ3) is 4.32. The van der Waals surface area contributed by atoms with Crippen molar-refractivity contribution in [2.75, 3.05) is 11.9 Å². The number of ether oxygens (including phenoxy) is 1. The molecule has 0 aromatic heterocycles. The summed E-state index contributed by atoms with van der Waals surface area (Å²) in [6, 6.07) is 16.5. The molecule has 0 spiro atoms. The second-order valence-corrected chi connectivity index (χ2v) is 5.00. The Labute approximate surface area is 115 Å². The van der Waals surface area contributed by atoms with Crippen LogP contribution in [0.15, 0.2) is 48.5 Å². The minimum atomic E-state index is 0.126. The average molecular weight is 255 g/mol. The van der Waals surface area contributed by atoms with Crippen molar-refractivity contribution >= 4 is 5.69 Å². The highest BCUT2D eigenvalue weighted by Crippen LogP contribution is 2.17. The van der Waals surface area contributed by atoms with Crippen molar-refractivity contribution < 1.29 is 4.74 Å². The van der Waals surface area contributed by atoms with Crippen molar-refractivity contribution in [2.45, 2.75) is 26.9 Å². The van der Waals surface area contributed by atoms with Gasteiger partial charge in [0.25, 0.3) is 0 Å². The smallest absolute Gasteiger partial charge is 0.120 e. The summed E-state index contributed by atoms with van der Waals surface area (Å²) in [7, 11) is 0. The molecular weight excluding hydrogens is 234 g/mol. The topological polar surface area (TPSA) is 21.3 Å². The predicted molar refractivity (Wildman–Crippen MR) is 80.9 cm³/mol. The van der Waals surface area contributed by atoms with Crippen molar-refractivity contribution in [3.05, 3.63) is 59.7 Å². The van der Waals surface area contributed by atoms with Crippen LogP contribution in [0.5, 0.6) is 5.75 Å². The van der Waals surface area contributed by atoms with Crippen LogP contribution < -0.4 is 10.1 Å². The van der Waals surface area contributed by atoms with E-state index in [-0.39, 0.29) is 6.10 Å². The Hall–Kier alpha value is -1.96. The average Bonchev–Trinajstić information content (AvgIpc) is 2.36. The molecule has 0 saturated heterocycles. The van der Waals surface area contributed by atoms with Gasteiger partial charge in [0.2, 0.25) is 0 Å². The zero-order valence-electron chi connectivity index (χ0n) is 11.8. The second kappa shape index (κ2) is 6.28. The first kappa shape index (κ1) is 13.5. The maximum atomic E-state index is 5.94. The molecule has 0 amide bonds. The van der Waals surface area contributed by atoms with Gasteiger partial charge in [0.1, 0.15) is 11.9 Å². The lowest BCUT2D eigenvalue weighted by Crippen LogP contribution is -2.22. The van der Waals surface area contributed by atoms with Gasteiger partial charge >= 0.3 is 0 Å². The molecule has 0 radical (unpaired) electrons. The van der Waals surface area contributed by atoms with Crippen molar-refractivity contribution in [3.8, 4) is 5.75 Å². The van der Waals surface area contributed by atoms with Gasteiger partial charge < -0.3 is 10.1 Å². The molecule has 2 rings (SSSR count). The van der Waals surface area contributed by atoms with Gasteiger partial charge in [0.05, 0.1) is 6.54 Å². The molecule has 2 aromatic carbocycles. The fourth-order valence-electron chi connectivity index (χ4n) is 2.09. The summed E-state index contributed by atoms with van der Waals surface area (Å²) in [4.78, 5) is 0. The van der Waals surface area contributed by atoms with Crippen LogP contribution in [0.4, 0.5) is 5.69 Å². The predicted octanol–water partition coefficient (Wildman–Crippen LogP) is 4.18. The quantitative estimate of drug-likeness (QED) is 0.865. The zero-order valence-corrected chi connectivity index (χ0v) is 11.8. The number of benzene rings is 2. The van der Waals surface area contributed by atoms with Gasteiger partial charge in [0, 0.05) is 5.69 Å². The van der Waals surface area contributed by atoms with Gasteiger partial charge in [-0.15, -0.1) is 0 Å². The molecule has 19 heavy (non-hydrogen) atoms. The standard InChI is InChI=1S/C17H21NO/c1-13-9-14(2)11-17(10-13)19-15(3)12-18-16-7-5-4-6-8-16/h4-11,15,18H,12H2,1-3H3. The minimum absolute atomic E-state index is 0.126. The summed E-state index contributed by atoms with van der Waals surface area (Å²) in [5, 5.41) is 3.37. The van der Waals surface area contributed by atoms with E-state index in [4.69, 9.17) is 4.74 Å². The lowest BCUT2D eigenvalue weighted by Gasteiger charge is -2.17. The Balaban J connectivity index is 1.89. The Morgan fingerprint density at radius 1 is 1.00 bits per heavy atom. The Kier molecular flexibility index (Phi) is 4.45. The van der Waals surface area contributed by atoms with E-state index in [1.807, 2.05) is 18.2 Å². The molecule has 1 unspecified atom stereocenters. The fraction of sp³-hybridized carbons (Fsp3) is 0.294. The third-order valence-corrected chi connectivity index (χ3v) is 2.90. The van der Waals surface area contributed by atoms with Crippen molar-refractivity contribution in [1.29, 1.82) is 0 Å². The van der Waals surface area contributed by atoms with Crippen LogP contribution >= 0.6 is 0 Å². The van der Waals surface area contributed by atoms with E-state index in [9.17, 15) is 0 Å². The minimum Gasteiger partial charge on any atom is -0.489 e. The van der Waals surface area contributed by atoms with Gasteiger partial charge in [-0.2, -0.15) is 0 Å². The number of aryl methyl sites for hydroxylation is 2. The summed E-state index contributed by atoms with van der Waals surface area (Å²) in [5.41, 5.74) is 3.59. The molecule has 0 aliphatic heterocycles. The molecule has 0 aliphatic rings. The maximum absolute atomic E-state index is 5.94. The van der Waals surface area contributed by atoms with E-state index in [0.29, 0.717) is 0 Å². The maximum Gasteiger partial charge on any atom is 0.120 e.